The number of H-pyrrole nitrogens is 1. The van der Waals surface area contributed by atoms with Crippen molar-refractivity contribution >= 4 is 6.09 Å². The minimum atomic E-state index is -0.351. The fraction of sp³-hybridized carbons (Fsp3) is 0.412. The van der Waals surface area contributed by atoms with Gasteiger partial charge in [-0.15, -0.1) is 0 Å². The summed E-state index contributed by atoms with van der Waals surface area (Å²) in [5.74, 6) is 0.293. The highest BCUT2D eigenvalue weighted by molar-refractivity contribution is 5.68. The number of benzene rings is 1. The van der Waals surface area contributed by atoms with Crippen LogP contribution in [0, 0.1) is 5.92 Å². The van der Waals surface area contributed by atoms with Crippen molar-refractivity contribution in [3.05, 3.63) is 51.9 Å². The van der Waals surface area contributed by atoms with E-state index in [2.05, 4.69) is 5.10 Å². The van der Waals surface area contributed by atoms with Crippen molar-refractivity contribution in [3.8, 4) is 5.69 Å². The van der Waals surface area contributed by atoms with Crippen LogP contribution in [-0.4, -0.2) is 33.9 Å². The number of carbonyl (C=O) groups excluding carboxylic acids is 1. The Morgan fingerprint density at radius 1 is 1.30 bits per heavy atom. The summed E-state index contributed by atoms with van der Waals surface area (Å²) >= 11 is 0. The molecule has 1 aliphatic rings. The molecule has 1 aromatic heterocycles. The van der Waals surface area contributed by atoms with Crippen molar-refractivity contribution in [1.82, 2.24) is 14.7 Å². The Morgan fingerprint density at radius 3 is 2.74 bits per heavy atom. The number of aromatic amines is 1. The summed E-state index contributed by atoms with van der Waals surface area (Å²) in [7, 11) is 0. The van der Waals surface area contributed by atoms with Gasteiger partial charge in [0.05, 0.1) is 24.4 Å². The minimum Gasteiger partial charge on any atom is -0.449 e. The number of fused-ring (bicyclic) bond motifs is 1. The molecule has 6 nitrogen and oxygen atoms in total. The number of nitrogens with zero attached hydrogens (tertiary/aromatic N) is 2. The zero-order valence-corrected chi connectivity index (χ0v) is 13.4. The zero-order valence-electron chi connectivity index (χ0n) is 13.4. The van der Waals surface area contributed by atoms with Crippen LogP contribution in [0.25, 0.3) is 5.69 Å². The van der Waals surface area contributed by atoms with E-state index >= 15 is 0 Å². The Kier molecular flexibility index (Phi) is 4.23. The summed E-state index contributed by atoms with van der Waals surface area (Å²) in [4.78, 5) is 26.3. The van der Waals surface area contributed by atoms with Crippen LogP contribution in [0.3, 0.4) is 0 Å². The Bertz CT molecular complexity index is 746. The summed E-state index contributed by atoms with van der Waals surface area (Å²) in [5, 5.41) is 3.15. The minimum absolute atomic E-state index is 0.104. The van der Waals surface area contributed by atoms with Crippen LogP contribution in [-0.2, 0) is 17.7 Å². The Labute approximate surface area is 134 Å². The number of aromatic nitrogens is 2. The smallest absolute Gasteiger partial charge is 0.410 e. The third-order valence-electron chi connectivity index (χ3n) is 3.87. The van der Waals surface area contributed by atoms with Crippen molar-refractivity contribution < 1.29 is 9.53 Å². The highest BCUT2D eigenvalue weighted by atomic mass is 16.6. The Hall–Kier alpha value is -2.50. The molecule has 2 heterocycles. The molecule has 0 saturated carbocycles. The van der Waals surface area contributed by atoms with E-state index in [0.717, 1.165) is 11.4 Å². The number of hydrogen-bond donors (Lipinski definition) is 1. The van der Waals surface area contributed by atoms with Gasteiger partial charge < -0.3 is 9.64 Å². The van der Waals surface area contributed by atoms with Gasteiger partial charge in [0.1, 0.15) is 0 Å². The van der Waals surface area contributed by atoms with Gasteiger partial charge in [-0.05, 0) is 18.1 Å². The highest BCUT2D eigenvalue weighted by Gasteiger charge is 2.26. The number of hydrogen-bond acceptors (Lipinski definition) is 3. The summed E-state index contributed by atoms with van der Waals surface area (Å²) in [5.41, 5.74) is 2.22. The van der Waals surface area contributed by atoms with Gasteiger partial charge in [-0.3, -0.25) is 9.89 Å². The quantitative estimate of drug-likeness (QED) is 0.945. The van der Waals surface area contributed by atoms with E-state index in [9.17, 15) is 9.59 Å². The lowest BCUT2D eigenvalue weighted by Gasteiger charge is -2.25. The van der Waals surface area contributed by atoms with Crippen LogP contribution in [0.1, 0.15) is 25.1 Å². The van der Waals surface area contributed by atoms with E-state index in [0.29, 0.717) is 37.6 Å². The van der Waals surface area contributed by atoms with Crippen molar-refractivity contribution in [1.29, 1.82) is 0 Å². The molecule has 1 N–H and O–H groups in total. The molecule has 0 bridgehead atoms. The third kappa shape index (κ3) is 3.16. The molecule has 0 radical (unpaired) electrons. The fourth-order valence-electron chi connectivity index (χ4n) is 2.65. The largest absolute Gasteiger partial charge is 0.449 e. The SMILES string of the molecule is CC(C)COC(=O)N1CCc2[nH]n(-c3ccccc3)c(=O)c2C1. The predicted octanol–water partition coefficient (Wildman–Crippen LogP) is 2.32. The average Bonchev–Trinajstić information content (AvgIpc) is 2.90. The summed E-state index contributed by atoms with van der Waals surface area (Å²) in [6.45, 7) is 5.22. The number of para-hydroxylation sites is 1. The summed E-state index contributed by atoms with van der Waals surface area (Å²) < 4.78 is 6.79. The molecule has 2 aromatic rings. The summed E-state index contributed by atoms with van der Waals surface area (Å²) in [6, 6.07) is 9.42. The molecule has 1 amide bonds. The first-order valence-corrected chi connectivity index (χ1v) is 7.86. The second kappa shape index (κ2) is 6.32. The van der Waals surface area contributed by atoms with Crippen molar-refractivity contribution in [3.63, 3.8) is 0 Å². The monoisotopic (exact) mass is 315 g/mol. The fourth-order valence-corrected chi connectivity index (χ4v) is 2.65. The number of ether oxygens (including phenoxy) is 1. The van der Waals surface area contributed by atoms with E-state index in [-0.39, 0.29) is 11.7 Å². The molecule has 1 aliphatic heterocycles. The first-order chi connectivity index (χ1) is 11.1. The lowest BCUT2D eigenvalue weighted by Crippen LogP contribution is -2.38. The van der Waals surface area contributed by atoms with Gasteiger partial charge in [0, 0.05) is 18.7 Å². The van der Waals surface area contributed by atoms with Gasteiger partial charge in [0.25, 0.3) is 5.56 Å². The molecule has 0 aliphatic carbocycles. The molecule has 0 atom stereocenters. The van der Waals surface area contributed by atoms with E-state index in [4.69, 9.17) is 4.74 Å². The first kappa shape index (κ1) is 15.4. The van der Waals surface area contributed by atoms with Gasteiger partial charge in [-0.1, -0.05) is 32.0 Å². The van der Waals surface area contributed by atoms with Gasteiger partial charge in [0.15, 0.2) is 0 Å². The first-order valence-electron chi connectivity index (χ1n) is 7.86. The number of nitrogens with one attached hydrogen (secondary N) is 1. The van der Waals surface area contributed by atoms with Gasteiger partial charge in [-0.2, -0.15) is 0 Å². The van der Waals surface area contributed by atoms with Gasteiger partial charge in [-0.25, -0.2) is 9.48 Å². The molecular weight excluding hydrogens is 294 g/mol. The number of rotatable bonds is 3. The van der Waals surface area contributed by atoms with Gasteiger partial charge >= 0.3 is 6.09 Å². The Morgan fingerprint density at radius 2 is 2.04 bits per heavy atom. The molecule has 0 unspecified atom stereocenters. The van der Waals surface area contributed by atoms with E-state index in [1.165, 1.54) is 4.68 Å². The van der Waals surface area contributed by atoms with Crippen molar-refractivity contribution in [2.24, 2.45) is 5.92 Å². The Balaban J connectivity index is 1.80. The maximum atomic E-state index is 12.6. The van der Waals surface area contributed by atoms with Crippen LogP contribution in [0.4, 0.5) is 4.79 Å². The standard InChI is InChI=1S/C17H21N3O3/c1-12(2)11-23-17(22)19-9-8-15-14(10-19)16(21)20(18-15)13-6-4-3-5-7-13/h3-7,12,18H,8-11H2,1-2H3. The van der Waals surface area contributed by atoms with Crippen LogP contribution in [0.5, 0.6) is 0 Å². The van der Waals surface area contributed by atoms with Crippen LogP contribution < -0.4 is 5.56 Å². The molecule has 1 aromatic carbocycles. The molecule has 6 heteroatoms. The molecule has 0 saturated heterocycles. The summed E-state index contributed by atoms with van der Waals surface area (Å²) in [6.07, 6.45) is 0.275. The lowest BCUT2D eigenvalue weighted by atomic mass is 10.1. The molecule has 23 heavy (non-hydrogen) atoms. The second-order valence-corrected chi connectivity index (χ2v) is 6.19. The van der Waals surface area contributed by atoms with Crippen LogP contribution in [0.2, 0.25) is 0 Å². The molecular formula is C17H21N3O3. The average molecular weight is 315 g/mol. The van der Waals surface area contributed by atoms with E-state index in [1.807, 2.05) is 44.2 Å². The second-order valence-electron chi connectivity index (χ2n) is 6.19. The maximum absolute atomic E-state index is 12.6. The molecule has 3 rings (SSSR count). The van der Waals surface area contributed by atoms with Crippen molar-refractivity contribution in [2.45, 2.75) is 26.8 Å². The van der Waals surface area contributed by atoms with Crippen LogP contribution in [0.15, 0.2) is 35.1 Å². The normalized spacial score (nSPS) is 14.0. The zero-order chi connectivity index (χ0) is 16.4. The predicted molar refractivity (Wildman–Crippen MR) is 86.7 cm³/mol. The number of amides is 1. The number of carbonyl (C=O) groups is 1. The maximum Gasteiger partial charge on any atom is 0.410 e. The van der Waals surface area contributed by atoms with E-state index < -0.39 is 0 Å². The third-order valence-corrected chi connectivity index (χ3v) is 3.87. The van der Waals surface area contributed by atoms with E-state index in [1.54, 1.807) is 4.90 Å². The molecule has 0 spiro atoms. The van der Waals surface area contributed by atoms with Gasteiger partial charge in [0.2, 0.25) is 0 Å². The lowest BCUT2D eigenvalue weighted by molar-refractivity contribution is 0.0877. The topological polar surface area (TPSA) is 67.3 Å². The molecule has 0 fully saturated rings. The van der Waals surface area contributed by atoms with Crippen molar-refractivity contribution in [2.75, 3.05) is 13.2 Å². The van der Waals surface area contributed by atoms with Crippen LogP contribution >= 0.6 is 0 Å². The highest BCUT2D eigenvalue weighted by Crippen LogP contribution is 2.17. The molecule has 122 valence electrons.